The van der Waals surface area contributed by atoms with Gasteiger partial charge < -0.3 is 19.5 Å². The molecule has 1 atom stereocenters. The number of carboxylic acids is 1. The molecule has 0 aromatic heterocycles. The number of nitrogens with zero attached hydrogens (tertiary/aromatic N) is 1. The molecule has 0 heterocycles. The summed E-state index contributed by atoms with van der Waals surface area (Å²) in [5, 5.41) is 19.1. The number of aliphatic carboxylic acids is 1. The molecule has 0 fully saturated rings. The zero-order chi connectivity index (χ0) is 25.6. The summed E-state index contributed by atoms with van der Waals surface area (Å²) in [5.41, 5.74) is 0. The number of unbranched alkanes of at least 4 members (excludes halogenated alkanes) is 15. The molecule has 0 spiro atoms. The fourth-order valence-electron chi connectivity index (χ4n) is 3.72. The van der Waals surface area contributed by atoms with Crippen LogP contribution in [0.2, 0.25) is 0 Å². The van der Waals surface area contributed by atoms with Crippen LogP contribution in [-0.2, 0) is 14.9 Å². The van der Waals surface area contributed by atoms with Gasteiger partial charge in [-0.1, -0.05) is 103 Å². The topological polar surface area (TPSA) is 115 Å². The van der Waals surface area contributed by atoms with Gasteiger partial charge in [0.1, 0.15) is 12.6 Å². The predicted molar refractivity (Wildman–Crippen MR) is 134 cm³/mol. The van der Waals surface area contributed by atoms with Gasteiger partial charge in [0, 0.05) is 12.4 Å². The molecule has 0 radical (unpaired) electrons. The quantitative estimate of drug-likeness (QED) is 0.139. The highest BCUT2D eigenvalue weighted by atomic mass is 32.2. The molecule has 0 aromatic carbocycles. The van der Waals surface area contributed by atoms with Gasteiger partial charge in [0.15, 0.2) is 0 Å². The Morgan fingerprint density at radius 3 is 1.36 bits per heavy atom. The number of likely N-dealkylation sites (N-methyl/N-ethyl adjacent to an activating group) is 1. The minimum absolute atomic E-state index is 0.0779. The number of aliphatic hydroxyl groups is 1. The van der Waals surface area contributed by atoms with Crippen LogP contribution in [-0.4, -0.2) is 68.1 Å². The summed E-state index contributed by atoms with van der Waals surface area (Å²) in [6.45, 7) is 2.69. The molecule has 8 heteroatoms. The van der Waals surface area contributed by atoms with Crippen molar-refractivity contribution >= 4 is 16.1 Å². The van der Waals surface area contributed by atoms with Crippen molar-refractivity contribution in [3.8, 4) is 0 Å². The van der Waals surface area contributed by atoms with Gasteiger partial charge in [0.2, 0.25) is 0 Å². The number of aliphatic hydroxyl groups excluding tert-OH is 1. The van der Waals surface area contributed by atoms with Crippen molar-refractivity contribution < 1.29 is 32.5 Å². The number of carbonyl (C=O) groups excluding carboxylic acids is 1. The van der Waals surface area contributed by atoms with E-state index in [9.17, 15) is 18.3 Å². The van der Waals surface area contributed by atoms with Crippen LogP contribution < -0.4 is 5.11 Å². The van der Waals surface area contributed by atoms with Crippen LogP contribution in [0.25, 0.3) is 0 Å². The van der Waals surface area contributed by atoms with Crippen molar-refractivity contribution in [2.24, 2.45) is 0 Å². The van der Waals surface area contributed by atoms with Gasteiger partial charge in [-0.3, -0.25) is 4.55 Å². The Labute approximate surface area is 204 Å². The lowest BCUT2D eigenvalue weighted by Gasteiger charge is -2.26. The van der Waals surface area contributed by atoms with Crippen LogP contribution in [0.15, 0.2) is 0 Å². The van der Waals surface area contributed by atoms with Crippen molar-refractivity contribution in [1.82, 2.24) is 0 Å². The number of carbonyl (C=O) groups is 1. The van der Waals surface area contributed by atoms with Gasteiger partial charge in [-0.25, -0.2) is 0 Å². The summed E-state index contributed by atoms with van der Waals surface area (Å²) in [6.07, 6.45) is 19.2. The summed E-state index contributed by atoms with van der Waals surface area (Å²) >= 11 is 0. The van der Waals surface area contributed by atoms with Crippen LogP contribution in [0, 0.1) is 0 Å². The van der Waals surface area contributed by atoms with Crippen molar-refractivity contribution in [3.05, 3.63) is 0 Å². The maximum absolute atomic E-state index is 10.5. The van der Waals surface area contributed by atoms with Crippen LogP contribution in [0.1, 0.15) is 116 Å². The Morgan fingerprint density at radius 2 is 1.09 bits per heavy atom. The van der Waals surface area contributed by atoms with E-state index in [1.54, 1.807) is 0 Å². The Bertz CT molecular complexity index is 546. The van der Waals surface area contributed by atoms with Gasteiger partial charge >= 0.3 is 0 Å². The lowest BCUT2D eigenvalue weighted by molar-refractivity contribution is -0.873. The second-order valence-corrected chi connectivity index (χ2v) is 11.9. The molecule has 0 aliphatic rings. The summed E-state index contributed by atoms with van der Waals surface area (Å²) < 4.78 is 30.2. The highest BCUT2D eigenvalue weighted by Crippen LogP contribution is 2.13. The number of hydrogen-bond donors (Lipinski definition) is 2. The van der Waals surface area contributed by atoms with Gasteiger partial charge in [0.25, 0.3) is 10.1 Å². The average Bonchev–Trinajstić information content (AvgIpc) is 2.65. The number of rotatable bonds is 21. The van der Waals surface area contributed by atoms with Gasteiger partial charge in [0.05, 0.1) is 26.9 Å². The largest absolute Gasteiger partial charge is 0.550 e. The number of carboxylic acid groups (broad SMARTS) is 1. The summed E-state index contributed by atoms with van der Waals surface area (Å²) in [6, 6.07) is 0. The van der Waals surface area contributed by atoms with E-state index >= 15 is 0 Å². The first-order chi connectivity index (χ1) is 15.4. The molecule has 0 aliphatic carbocycles. The van der Waals surface area contributed by atoms with E-state index in [0.717, 1.165) is 12.8 Å². The molecule has 0 saturated heterocycles. The van der Waals surface area contributed by atoms with Gasteiger partial charge in [-0.2, -0.15) is 8.42 Å². The zero-order valence-corrected chi connectivity index (χ0v) is 22.7. The Hall–Kier alpha value is -0.700. The van der Waals surface area contributed by atoms with Crippen LogP contribution in [0.5, 0.6) is 0 Å². The van der Waals surface area contributed by atoms with Crippen molar-refractivity contribution in [3.63, 3.8) is 0 Å². The lowest BCUT2D eigenvalue weighted by atomic mass is 10.0. The molecule has 200 valence electrons. The minimum Gasteiger partial charge on any atom is -0.550 e. The first-order valence-corrected chi connectivity index (χ1v) is 14.6. The standard InChI is InChI=1S/C18H38O3S.C7H15NO3/c1-2-3-4-5-6-7-8-9-10-11-12-13-14-15-16-17-18-22(19,20)21;1-8(2,3)5-6(9)4-7(10)11/h2-18H2,1H3,(H,19,20,21);6,9H,4-5H2,1-3H3/t;6-/m.1/s1. The summed E-state index contributed by atoms with van der Waals surface area (Å²) in [5.74, 6) is -1.28. The monoisotopic (exact) mass is 495 g/mol. The summed E-state index contributed by atoms with van der Waals surface area (Å²) in [7, 11) is 1.92. The van der Waals surface area contributed by atoms with Crippen molar-refractivity contribution in [2.75, 3.05) is 33.4 Å². The van der Waals surface area contributed by atoms with Gasteiger partial charge in [-0.05, 0) is 6.42 Å². The Balaban J connectivity index is 0. The van der Waals surface area contributed by atoms with E-state index < -0.39 is 22.2 Å². The fourth-order valence-corrected chi connectivity index (χ4v) is 4.29. The average molecular weight is 496 g/mol. The molecule has 2 N–H and O–H groups in total. The molecule has 0 rings (SSSR count). The van der Waals surface area contributed by atoms with E-state index in [0.29, 0.717) is 17.4 Å². The van der Waals surface area contributed by atoms with E-state index in [2.05, 4.69) is 6.92 Å². The first-order valence-electron chi connectivity index (χ1n) is 13.0. The van der Waals surface area contributed by atoms with Crippen molar-refractivity contribution in [2.45, 2.75) is 122 Å². The molecular formula is C25H53NO6S. The number of hydrogen-bond acceptors (Lipinski definition) is 5. The highest BCUT2D eigenvalue weighted by molar-refractivity contribution is 7.85. The van der Waals surface area contributed by atoms with Gasteiger partial charge in [-0.15, -0.1) is 0 Å². The third-order valence-electron chi connectivity index (χ3n) is 5.42. The third kappa shape index (κ3) is 36.1. The molecule has 0 amide bonds. The lowest BCUT2D eigenvalue weighted by Crippen LogP contribution is -2.43. The molecule has 0 aromatic rings. The van der Waals surface area contributed by atoms with E-state index in [1.807, 2.05) is 21.1 Å². The molecule has 0 bridgehead atoms. The SMILES string of the molecule is CCCCCCCCCCCCCCCCCCS(=O)(=O)O.C[N+](C)(C)C[C@H](O)CC(=O)[O-]. The van der Waals surface area contributed by atoms with Crippen molar-refractivity contribution in [1.29, 1.82) is 0 Å². The molecule has 0 unspecified atom stereocenters. The number of quaternary nitrogens is 1. The zero-order valence-electron chi connectivity index (χ0n) is 21.9. The maximum atomic E-state index is 10.5. The maximum Gasteiger partial charge on any atom is 0.264 e. The van der Waals surface area contributed by atoms with E-state index in [1.165, 1.54) is 83.5 Å². The van der Waals surface area contributed by atoms with Crippen LogP contribution in [0.4, 0.5) is 0 Å². The predicted octanol–water partition coefficient (Wildman–Crippen LogP) is 4.33. The smallest absolute Gasteiger partial charge is 0.264 e. The van der Waals surface area contributed by atoms with Crippen LogP contribution in [0.3, 0.4) is 0 Å². The Kier molecular flexibility index (Phi) is 22.8. The highest BCUT2D eigenvalue weighted by Gasteiger charge is 2.14. The molecule has 0 aliphatic heterocycles. The van der Waals surface area contributed by atoms with E-state index in [-0.39, 0.29) is 12.2 Å². The summed E-state index contributed by atoms with van der Waals surface area (Å²) in [4.78, 5) is 10.0. The fraction of sp³-hybridized carbons (Fsp3) is 0.960. The van der Waals surface area contributed by atoms with Crippen LogP contribution >= 0.6 is 0 Å². The molecule has 33 heavy (non-hydrogen) atoms. The Morgan fingerprint density at radius 1 is 0.758 bits per heavy atom. The molecule has 7 nitrogen and oxygen atoms in total. The minimum atomic E-state index is -3.74. The third-order valence-corrected chi connectivity index (χ3v) is 6.22. The first kappa shape index (κ1) is 34.5. The van der Waals surface area contributed by atoms with E-state index in [4.69, 9.17) is 9.66 Å². The second-order valence-electron chi connectivity index (χ2n) is 10.3. The molecular weight excluding hydrogens is 442 g/mol. The second kappa shape index (κ2) is 21.8. The normalized spacial score (nSPS) is 12.8. The molecule has 0 saturated carbocycles.